The summed E-state index contributed by atoms with van der Waals surface area (Å²) < 4.78 is 13.3. The molecule has 4 nitrogen and oxygen atoms in total. The van der Waals surface area contributed by atoms with Gasteiger partial charge in [-0.2, -0.15) is 0 Å². The molecule has 1 amide bonds. The topological polar surface area (TPSA) is 62.2 Å². The quantitative estimate of drug-likeness (QED) is 0.833. The number of carbonyl (C=O) groups excluding carboxylic acids is 1. The summed E-state index contributed by atoms with van der Waals surface area (Å²) in [5.74, 6) is -1.16. The van der Waals surface area contributed by atoms with Gasteiger partial charge in [-0.3, -0.25) is 9.78 Å². The van der Waals surface area contributed by atoms with Crippen LogP contribution in [0.2, 0.25) is 0 Å². The molecule has 92 valence electrons. The molecular weight excluding hydrogens is 223 g/mol. The first kappa shape index (κ1) is 12.0. The van der Waals surface area contributed by atoms with Crippen LogP contribution in [0.4, 0.5) is 4.39 Å². The number of aromatic nitrogens is 1. The summed E-state index contributed by atoms with van der Waals surface area (Å²) in [4.78, 5) is 15.2. The van der Waals surface area contributed by atoms with Gasteiger partial charge in [-0.25, -0.2) is 4.39 Å². The van der Waals surface area contributed by atoms with E-state index in [1.807, 2.05) is 0 Å². The summed E-state index contributed by atoms with van der Waals surface area (Å²) >= 11 is 0. The van der Waals surface area contributed by atoms with Crippen molar-refractivity contribution in [2.75, 3.05) is 6.54 Å². The van der Waals surface area contributed by atoms with Gasteiger partial charge in [-0.05, 0) is 18.9 Å². The maximum atomic E-state index is 13.3. The lowest BCUT2D eigenvalue weighted by Crippen LogP contribution is -2.41. The fourth-order valence-electron chi connectivity index (χ4n) is 2.11. The van der Waals surface area contributed by atoms with Crippen molar-refractivity contribution < 1.29 is 14.3 Å². The fourth-order valence-corrected chi connectivity index (χ4v) is 2.11. The second-order valence-electron chi connectivity index (χ2n) is 4.47. The molecule has 2 N–H and O–H groups in total. The van der Waals surface area contributed by atoms with Crippen LogP contribution in [0.15, 0.2) is 18.5 Å². The minimum absolute atomic E-state index is 0.0402. The molecular formula is C12H15FN2O2. The first-order valence-corrected chi connectivity index (χ1v) is 5.71. The van der Waals surface area contributed by atoms with E-state index in [4.69, 9.17) is 0 Å². The number of hydrogen-bond donors (Lipinski definition) is 2. The fraction of sp³-hybridized carbons (Fsp3) is 0.500. The van der Waals surface area contributed by atoms with Crippen LogP contribution in [-0.2, 0) is 0 Å². The Labute approximate surface area is 98.9 Å². The van der Waals surface area contributed by atoms with Crippen LogP contribution in [0.5, 0.6) is 0 Å². The zero-order valence-electron chi connectivity index (χ0n) is 9.45. The molecule has 0 radical (unpaired) electrons. The van der Waals surface area contributed by atoms with Crippen LogP contribution >= 0.6 is 0 Å². The van der Waals surface area contributed by atoms with Gasteiger partial charge in [-0.1, -0.05) is 12.8 Å². The first-order chi connectivity index (χ1) is 8.11. The van der Waals surface area contributed by atoms with Gasteiger partial charge in [0, 0.05) is 12.7 Å². The van der Waals surface area contributed by atoms with Crippen molar-refractivity contribution in [2.24, 2.45) is 0 Å². The largest absolute Gasteiger partial charge is 0.388 e. The number of halogens is 1. The molecule has 1 heterocycles. The predicted molar refractivity (Wildman–Crippen MR) is 59.9 cm³/mol. The molecule has 0 aliphatic heterocycles. The van der Waals surface area contributed by atoms with E-state index in [-0.39, 0.29) is 12.1 Å². The van der Waals surface area contributed by atoms with Gasteiger partial charge in [0.05, 0.1) is 17.4 Å². The Morgan fingerprint density at radius 1 is 1.53 bits per heavy atom. The second kappa shape index (κ2) is 4.79. The van der Waals surface area contributed by atoms with Crippen molar-refractivity contribution in [3.63, 3.8) is 0 Å². The Morgan fingerprint density at radius 2 is 2.24 bits per heavy atom. The van der Waals surface area contributed by atoms with Gasteiger partial charge >= 0.3 is 0 Å². The van der Waals surface area contributed by atoms with Gasteiger partial charge in [0.2, 0.25) is 0 Å². The van der Waals surface area contributed by atoms with Gasteiger partial charge < -0.3 is 10.4 Å². The minimum atomic E-state index is -0.820. The van der Waals surface area contributed by atoms with E-state index >= 15 is 0 Å². The molecule has 0 bridgehead atoms. The van der Waals surface area contributed by atoms with Gasteiger partial charge in [-0.15, -0.1) is 0 Å². The monoisotopic (exact) mass is 238 g/mol. The Morgan fingerprint density at radius 3 is 2.88 bits per heavy atom. The number of nitrogens with zero attached hydrogens (tertiary/aromatic N) is 1. The normalized spacial score (nSPS) is 18.0. The van der Waals surface area contributed by atoms with E-state index in [0.29, 0.717) is 12.8 Å². The van der Waals surface area contributed by atoms with Crippen LogP contribution in [-0.4, -0.2) is 28.1 Å². The zero-order chi connectivity index (χ0) is 12.3. The standard InChI is InChI=1S/C12H15FN2O2/c13-10-7-14-6-3-9(10)11(16)15-8-12(17)4-1-2-5-12/h3,6-7,17H,1-2,4-5,8H2,(H,15,16). The molecule has 2 rings (SSSR count). The third kappa shape index (κ3) is 2.79. The van der Waals surface area contributed by atoms with Crippen LogP contribution in [0.25, 0.3) is 0 Å². The number of rotatable bonds is 3. The summed E-state index contributed by atoms with van der Waals surface area (Å²) in [6.07, 6.45) is 5.67. The highest BCUT2D eigenvalue weighted by Crippen LogP contribution is 2.28. The van der Waals surface area contributed by atoms with Gasteiger partial charge in [0.1, 0.15) is 0 Å². The van der Waals surface area contributed by atoms with Crippen molar-refractivity contribution in [3.8, 4) is 0 Å². The van der Waals surface area contributed by atoms with Crippen LogP contribution in [0.1, 0.15) is 36.0 Å². The lowest BCUT2D eigenvalue weighted by Gasteiger charge is -2.22. The lowest BCUT2D eigenvalue weighted by atomic mass is 10.0. The molecule has 17 heavy (non-hydrogen) atoms. The third-order valence-corrected chi connectivity index (χ3v) is 3.13. The number of carbonyl (C=O) groups is 1. The number of pyridine rings is 1. The van der Waals surface area contributed by atoms with Crippen molar-refractivity contribution in [2.45, 2.75) is 31.3 Å². The smallest absolute Gasteiger partial charge is 0.254 e. The van der Waals surface area contributed by atoms with Crippen LogP contribution < -0.4 is 5.32 Å². The van der Waals surface area contributed by atoms with E-state index in [1.54, 1.807) is 0 Å². The molecule has 1 saturated carbocycles. The van der Waals surface area contributed by atoms with Gasteiger partial charge in [0.25, 0.3) is 5.91 Å². The van der Waals surface area contributed by atoms with E-state index in [0.717, 1.165) is 19.0 Å². The first-order valence-electron chi connectivity index (χ1n) is 5.71. The molecule has 1 aromatic rings. The molecule has 5 heteroatoms. The van der Waals surface area contributed by atoms with E-state index in [2.05, 4.69) is 10.3 Å². The number of amides is 1. The second-order valence-corrected chi connectivity index (χ2v) is 4.47. The molecule has 1 aliphatic carbocycles. The van der Waals surface area contributed by atoms with Crippen LogP contribution in [0, 0.1) is 5.82 Å². The molecule has 0 aromatic carbocycles. The molecule has 0 atom stereocenters. The molecule has 1 aliphatic rings. The maximum absolute atomic E-state index is 13.3. The average molecular weight is 238 g/mol. The molecule has 1 fully saturated rings. The Hall–Kier alpha value is -1.49. The third-order valence-electron chi connectivity index (χ3n) is 3.13. The highest BCUT2D eigenvalue weighted by Gasteiger charge is 2.31. The average Bonchev–Trinajstić information content (AvgIpc) is 2.74. The highest BCUT2D eigenvalue weighted by molar-refractivity contribution is 5.94. The van der Waals surface area contributed by atoms with E-state index in [1.165, 1.54) is 12.3 Å². The minimum Gasteiger partial charge on any atom is -0.388 e. The predicted octanol–water partition coefficient (Wildman–Crippen LogP) is 1.26. The molecule has 0 unspecified atom stereocenters. The zero-order valence-corrected chi connectivity index (χ0v) is 9.45. The van der Waals surface area contributed by atoms with E-state index < -0.39 is 17.3 Å². The number of nitrogens with one attached hydrogen (secondary N) is 1. The molecule has 1 aromatic heterocycles. The summed E-state index contributed by atoms with van der Waals surface area (Å²) in [7, 11) is 0. The van der Waals surface area contributed by atoms with Crippen molar-refractivity contribution in [3.05, 3.63) is 29.8 Å². The highest BCUT2D eigenvalue weighted by atomic mass is 19.1. The number of aliphatic hydroxyl groups is 1. The van der Waals surface area contributed by atoms with Crippen LogP contribution in [0.3, 0.4) is 0 Å². The summed E-state index contributed by atoms with van der Waals surface area (Å²) in [5, 5.41) is 12.6. The number of hydrogen-bond acceptors (Lipinski definition) is 3. The van der Waals surface area contributed by atoms with E-state index in [9.17, 15) is 14.3 Å². The summed E-state index contributed by atoms with van der Waals surface area (Å²) in [5.41, 5.74) is -0.860. The summed E-state index contributed by atoms with van der Waals surface area (Å²) in [6, 6.07) is 1.32. The van der Waals surface area contributed by atoms with Crippen molar-refractivity contribution in [1.82, 2.24) is 10.3 Å². The SMILES string of the molecule is O=C(NCC1(O)CCCC1)c1ccncc1F. The van der Waals surface area contributed by atoms with Crippen molar-refractivity contribution >= 4 is 5.91 Å². The maximum Gasteiger partial charge on any atom is 0.254 e. The lowest BCUT2D eigenvalue weighted by molar-refractivity contribution is 0.0448. The van der Waals surface area contributed by atoms with Gasteiger partial charge in [0.15, 0.2) is 5.82 Å². The Bertz CT molecular complexity index is 417. The molecule has 0 saturated heterocycles. The van der Waals surface area contributed by atoms with Crippen molar-refractivity contribution in [1.29, 1.82) is 0 Å². The summed E-state index contributed by atoms with van der Waals surface area (Å²) in [6.45, 7) is 0.174. The Kier molecular flexibility index (Phi) is 3.38. The Balaban J connectivity index is 1.96. The molecule has 0 spiro atoms.